The Bertz CT molecular complexity index is 430. The van der Waals surface area contributed by atoms with E-state index in [1.807, 2.05) is 30.3 Å². The third-order valence-corrected chi connectivity index (χ3v) is 3.13. The van der Waals surface area contributed by atoms with Crippen LogP contribution in [0.5, 0.6) is 0 Å². The zero-order valence-corrected chi connectivity index (χ0v) is 9.19. The van der Waals surface area contributed by atoms with Crippen LogP contribution < -0.4 is 0 Å². The van der Waals surface area contributed by atoms with E-state index in [1.165, 1.54) is 6.08 Å². The Morgan fingerprint density at radius 1 is 1.12 bits per heavy atom. The molecule has 2 heterocycles. The predicted molar refractivity (Wildman–Crippen MR) is 59.9 cm³/mol. The van der Waals surface area contributed by atoms with E-state index in [1.54, 1.807) is 6.08 Å². The second-order valence-electron chi connectivity index (χ2n) is 4.40. The number of rotatable bonds is 1. The smallest absolute Gasteiger partial charge is 0.194 e. The first-order chi connectivity index (χ1) is 8.19. The Morgan fingerprint density at radius 3 is 2.53 bits per heavy atom. The molecule has 0 aromatic heterocycles. The van der Waals surface area contributed by atoms with Gasteiger partial charge in [-0.05, 0) is 17.7 Å². The summed E-state index contributed by atoms with van der Waals surface area (Å²) in [7, 11) is 0. The fourth-order valence-electron chi connectivity index (χ4n) is 2.37. The second-order valence-corrected chi connectivity index (χ2v) is 4.40. The number of aliphatic hydroxyl groups excluding tert-OH is 2. The van der Waals surface area contributed by atoms with E-state index in [0.29, 0.717) is 6.42 Å². The number of benzene rings is 1. The van der Waals surface area contributed by atoms with E-state index >= 15 is 0 Å². The van der Waals surface area contributed by atoms with Crippen molar-refractivity contribution in [1.29, 1.82) is 0 Å². The van der Waals surface area contributed by atoms with Crippen molar-refractivity contribution < 1.29 is 19.7 Å². The Balaban J connectivity index is 1.84. The van der Waals surface area contributed by atoms with Crippen LogP contribution in [0.3, 0.4) is 0 Å². The van der Waals surface area contributed by atoms with E-state index in [-0.39, 0.29) is 0 Å². The Morgan fingerprint density at radius 2 is 1.88 bits per heavy atom. The maximum atomic E-state index is 10.0. The summed E-state index contributed by atoms with van der Waals surface area (Å²) in [6.07, 6.45) is 1.54. The zero-order chi connectivity index (χ0) is 11.9. The molecule has 2 aliphatic heterocycles. The molecule has 1 aromatic rings. The van der Waals surface area contributed by atoms with Gasteiger partial charge in [0.25, 0.3) is 0 Å². The molecule has 0 bridgehead atoms. The van der Waals surface area contributed by atoms with Crippen LogP contribution in [0.4, 0.5) is 0 Å². The van der Waals surface area contributed by atoms with Gasteiger partial charge in [0.05, 0.1) is 6.10 Å². The Hall–Kier alpha value is -1.20. The van der Waals surface area contributed by atoms with Crippen LogP contribution in [0.1, 0.15) is 18.1 Å². The lowest BCUT2D eigenvalue weighted by atomic mass is 10.0. The summed E-state index contributed by atoms with van der Waals surface area (Å²) in [6, 6.07) is 9.52. The molecule has 1 saturated heterocycles. The van der Waals surface area contributed by atoms with Crippen molar-refractivity contribution in [2.75, 3.05) is 0 Å². The highest BCUT2D eigenvalue weighted by Crippen LogP contribution is 2.43. The summed E-state index contributed by atoms with van der Waals surface area (Å²) >= 11 is 0. The van der Waals surface area contributed by atoms with Crippen molar-refractivity contribution in [3.05, 3.63) is 48.0 Å². The lowest BCUT2D eigenvalue weighted by molar-refractivity contribution is -0.238. The van der Waals surface area contributed by atoms with Gasteiger partial charge in [-0.15, -0.1) is 0 Å². The lowest BCUT2D eigenvalue weighted by Gasteiger charge is -2.22. The zero-order valence-electron chi connectivity index (χ0n) is 9.19. The van der Waals surface area contributed by atoms with Crippen LogP contribution in [0, 0.1) is 0 Å². The van der Waals surface area contributed by atoms with E-state index in [9.17, 15) is 10.2 Å². The summed E-state index contributed by atoms with van der Waals surface area (Å²) in [6.45, 7) is 0. The molecule has 0 radical (unpaired) electrons. The molecule has 1 unspecified atom stereocenters. The molecule has 4 heteroatoms. The second kappa shape index (κ2) is 3.92. The van der Waals surface area contributed by atoms with Crippen molar-refractivity contribution in [1.82, 2.24) is 0 Å². The SMILES string of the molecule is OC1C=C[C@@]2(C[C@@H](O)[C@@H](c3ccccc3)O2)O1. The minimum atomic E-state index is -0.973. The van der Waals surface area contributed by atoms with Crippen LogP contribution >= 0.6 is 0 Å². The van der Waals surface area contributed by atoms with E-state index < -0.39 is 24.3 Å². The quantitative estimate of drug-likeness (QED) is 0.715. The number of ether oxygens (including phenoxy) is 2. The molecule has 90 valence electrons. The van der Waals surface area contributed by atoms with Gasteiger partial charge >= 0.3 is 0 Å². The molecule has 0 saturated carbocycles. The molecule has 1 fully saturated rings. The summed E-state index contributed by atoms with van der Waals surface area (Å²) in [5.74, 6) is -0.973. The van der Waals surface area contributed by atoms with Crippen molar-refractivity contribution in [2.24, 2.45) is 0 Å². The fraction of sp³-hybridized carbons (Fsp3) is 0.385. The van der Waals surface area contributed by atoms with Gasteiger partial charge in [0.15, 0.2) is 12.1 Å². The Labute approximate surface area is 99.1 Å². The molecule has 0 aliphatic carbocycles. The average molecular weight is 234 g/mol. The van der Waals surface area contributed by atoms with Crippen LogP contribution in [-0.4, -0.2) is 28.4 Å². The van der Waals surface area contributed by atoms with Crippen molar-refractivity contribution >= 4 is 0 Å². The highest BCUT2D eigenvalue weighted by molar-refractivity contribution is 5.22. The monoisotopic (exact) mass is 234 g/mol. The topological polar surface area (TPSA) is 58.9 Å². The van der Waals surface area contributed by atoms with Crippen LogP contribution in [0.2, 0.25) is 0 Å². The normalized spacial score (nSPS) is 40.2. The minimum absolute atomic E-state index is 0.333. The molecule has 2 N–H and O–H groups in total. The summed E-state index contributed by atoms with van der Waals surface area (Å²) in [5.41, 5.74) is 0.912. The van der Waals surface area contributed by atoms with E-state index in [4.69, 9.17) is 9.47 Å². The molecule has 4 nitrogen and oxygen atoms in total. The van der Waals surface area contributed by atoms with Crippen LogP contribution in [0.25, 0.3) is 0 Å². The summed E-state index contributed by atoms with van der Waals surface area (Å²) in [4.78, 5) is 0. The first-order valence-electron chi connectivity index (χ1n) is 5.65. The minimum Gasteiger partial charge on any atom is -0.390 e. The van der Waals surface area contributed by atoms with Gasteiger partial charge < -0.3 is 19.7 Å². The molecular weight excluding hydrogens is 220 g/mol. The maximum Gasteiger partial charge on any atom is 0.194 e. The van der Waals surface area contributed by atoms with Gasteiger partial charge in [0.2, 0.25) is 0 Å². The summed E-state index contributed by atoms with van der Waals surface area (Å²) in [5, 5.41) is 19.4. The van der Waals surface area contributed by atoms with Crippen molar-refractivity contribution in [2.45, 2.75) is 30.7 Å². The fourth-order valence-corrected chi connectivity index (χ4v) is 2.37. The van der Waals surface area contributed by atoms with Gasteiger partial charge in [0, 0.05) is 6.42 Å². The number of aliphatic hydroxyl groups is 2. The van der Waals surface area contributed by atoms with Gasteiger partial charge in [-0.25, -0.2) is 0 Å². The Kier molecular flexibility index (Phi) is 2.52. The molecule has 1 aromatic carbocycles. The molecule has 17 heavy (non-hydrogen) atoms. The van der Waals surface area contributed by atoms with Crippen LogP contribution in [-0.2, 0) is 9.47 Å². The first kappa shape index (κ1) is 10.9. The van der Waals surface area contributed by atoms with Crippen LogP contribution in [0.15, 0.2) is 42.5 Å². The maximum absolute atomic E-state index is 10.0. The van der Waals surface area contributed by atoms with E-state index in [0.717, 1.165) is 5.56 Å². The van der Waals surface area contributed by atoms with Gasteiger partial charge in [-0.1, -0.05) is 30.3 Å². The lowest BCUT2D eigenvalue weighted by Crippen LogP contribution is -2.28. The van der Waals surface area contributed by atoms with Crippen molar-refractivity contribution in [3.63, 3.8) is 0 Å². The summed E-state index contributed by atoms with van der Waals surface area (Å²) < 4.78 is 11.1. The predicted octanol–water partition coefficient (Wildman–Crippen LogP) is 1.11. The third-order valence-electron chi connectivity index (χ3n) is 3.13. The largest absolute Gasteiger partial charge is 0.390 e. The molecule has 1 spiro atoms. The average Bonchev–Trinajstić information content (AvgIpc) is 2.84. The van der Waals surface area contributed by atoms with Gasteiger partial charge in [0.1, 0.15) is 6.10 Å². The van der Waals surface area contributed by atoms with Gasteiger partial charge in [-0.2, -0.15) is 0 Å². The molecule has 3 rings (SSSR count). The molecule has 2 aliphatic rings. The highest BCUT2D eigenvalue weighted by Gasteiger charge is 2.49. The van der Waals surface area contributed by atoms with E-state index in [2.05, 4.69) is 0 Å². The first-order valence-corrected chi connectivity index (χ1v) is 5.65. The standard InChI is InChI=1S/C13H14O4/c14-10-8-13(7-6-11(15)16-13)17-12(10)9-4-2-1-3-5-9/h1-7,10-12,14-15H,8H2/t10-,11?,12-,13-/m1/s1. The molecular formula is C13H14O4. The highest BCUT2D eigenvalue weighted by atomic mass is 16.8. The molecule has 4 atom stereocenters. The third kappa shape index (κ3) is 1.89. The van der Waals surface area contributed by atoms with Crippen molar-refractivity contribution in [3.8, 4) is 0 Å². The van der Waals surface area contributed by atoms with Gasteiger partial charge in [-0.3, -0.25) is 0 Å². The molecule has 0 amide bonds. The number of hydrogen-bond donors (Lipinski definition) is 2. The number of hydrogen-bond acceptors (Lipinski definition) is 4.